The second-order valence-corrected chi connectivity index (χ2v) is 6.26. The molecule has 1 rings (SSSR count). The highest BCUT2D eigenvalue weighted by molar-refractivity contribution is 5.70. The van der Waals surface area contributed by atoms with Crippen LogP contribution >= 0.6 is 0 Å². The van der Waals surface area contributed by atoms with Crippen molar-refractivity contribution in [3.05, 3.63) is 0 Å². The van der Waals surface area contributed by atoms with Crippen LogP contribution in [-0.2, 0) is 19.1 Å². The molecule has 0 radical (unpaired) electrons. The first-order valence-corrected chi connectivity index (χ1v) is 9.06. The van der Waals surface area contributed by atoms with Gasteiger partial charge in [0.1, 0.15) is 12.2 Å². The predicted molar refractivity (Wildman–Crippen MR) is 86.5 cm³/mol. The fraction of sp³-hybridized carbons (Fsp3) is 0.889. The Labute approximate surface area is 134 Å². The van der Waals surface area contributed by atoms with Crippen molar-refractivity contribution in [3.63, 3.8) is 0 Å². The average molecular weight is 312 g/mol. The summed E-state index contributed by atoms with van der Waals surface area (Å²) in [5.41, 5.74) is 0. The molecular formula is C18H32O4. The van der Waals surface area contributed by atoms with Crippen LogP contribution in [0.2, 0.25) is 0 Å². The molecule has 1 fully saturated rings. The second kappa shape index (κ2) is 11.5. The Bertz CT molecular complexity index is 295. The van der Waals surface area contributed by atoms with E-state index in [1.54, 1.807) is 0 Å². The Morgan fingerprint density at radius 1 is 0.727 bits per heavy atom. The van der Waals surface area contributed by atoms with E-state index < -0.39 is 0 Å². The number of hydrogen-bond acceptors (Lipinski definition) is 4. The highest BCUT2D eigenvalue weighted by atomic mass is 16.6. The van der Waals surface area contributed by atoms with E-state index in [2.05, 4.69) is 13.8 Å². The lowest BCUT2D eigenvalue weighted by molar-refractivity contribution is -0.169. The third kappa shape index (κ3) is 7.81. The van der Waals surface area contributed by atoms with Gasteiger partial charge < -0.3 is 9.47 Å². The molecule has 0 bridgehead atoms. The Morgan fingerprint density at radius 3 is 1.45 bits per heavy atom. The summed E-state index contributed by atoms with van der Waals surface area (Å²) in [6.45, 7) is 4.12. The monoisotopic (exact) mass is 312 g/mol. The van der Waals surface area contributed by atoms with Gasteiger partial charge in [-0.2, -0.15) is 0 Å². The highest BCUT2D eigenvalue weighted by Crippen LogP contribution is 2.19. The highest BCUT2D eigenvalue weighted by Gasteiger charge is 2.27. The maximum Gasteiger partial charge on any atom is 0.306 e. The van der Waals surface area contributed by atoms with Gasteiger partial charge in [0.05, 0.1) is 0 Å². The maximum absolute atomic E-state index is 12.0. The lowest BCUT2D eigenvalue weighted by atomic mass is 10.0. The lowest BCUT2D eigenvalue weighted by Gasteiger charge is -2.27. The number of cyclic esters (lactones) is 2. The molecule has 1 saturated heterocycles. The van der Waals surface area contributed by atoms with Crippen molar-refractivity contribution < 1.29 is 19.1 Å². The maximum atomic E-state index is 12.0. The van der Waals surface area contributed by atoms with Crippen molar-refractivity contribution >= 4 is 11.9 Å². The van der Waals surface area contributed by atoms with E-state index >= 15 is 0 Å². The summed E-state index contributed by atoms with van der Waals surface area (Å²) in [6, 6.07) is 0. The Balaban J connectivity index is 2.71. The van der Waals surface area contributed by atoms with Crippen molar-refractivity contribution in [1.82, 2.24) is 0 Å². The molecule has 4 nitrogen and oxygen atoms in total. The Hall–Kier alpha value is -1.06. The van der Waals surface area contributed by atoms with E-state index in [0.717, 1.165) is 64.2 Å². The van der Waals surface area contributed by atoms with Gasteiger partial charge >= 0.3 is 11.9 Å². The van der Waals surface area contributed by atoms with Crippen molar-refractivity contribution in [1.29, 1.82) is 0 Å². The smallest absolute Gasteiger partial charge is 0.306 e. The van der Waals surface area contributed by atoms with Gasteiger partial charge in [0, 0.05) is 12.8 Å². The van der Waals surface area contributed by atoms with Crippen LogP contribution in [0.1, 0.15) is 90.9 Å². The van der Waals surface area contributed by atoms with E-state index in [9.17, 15) is 9.59 Å². The number of ether oxygens (including phenoxy) is 2. The molecule has 0 aromatic rings. The number of hydrogen-bond donors (Lipinski definition) is 0. The van der Waals surface area contributed by atoms with Gasteiger partial charge in [-0.3, -0.25) is 9.59 Å². The standard InChI is InChI=1S/C18H32O4/c1-3-11-15-16(12-4-2)22-18(20)14-10-8-6-5-7-9-13-17(19)21-15/h15-16H,3-14H2,1-2H3. The average Bonchev–Trinajstić information content (AvgIpc) is 2.48. The first-order valence-electron chi connectivity index (χ1n) is 9.06. The second-order valence-electron chi connectivity index (χ2n) is 6.26. The SMILES string of the molecule is CCCC1OC(=O)CCCCCCCCC(=O)OC1CCC. The van der Waals surface area contributed by atoms with Gasteiger partial charge in [-0.25, -0.2) is 0 Å². The van der Waals surface area contributed by atoms with Crippen LogP contribution in [0.25, 0.3) is 0 Å². The zero-order valence-corrected chi connectivity index (χ0v) is 14.3. The van der Waals surface area contributed by atoms with Gasteiger partial charge in [-0.1, -0.05) is 52.4 Å². The minimum absolute atomic E-state index is 0.146. The fourth-order valence-corrected chi connectivity index (χ4v) is 2.91. The third-order valence-electron chi connectivity index (χ3n) is 4.14. The Kier molecular flexibility index (Phi) is 9.93. The summed E-state index contributed by atoms with van der Waals surface area (Å²) in [5, 5.41) is 0. The van der Waals surface area contributed by atoms with E-state index in [4.69, 9.17) is 9.47 Å². The van der Waals surface area contributed by atoms with E-state index in [0.29, 0.717) is 12.8 Å². The van der Waals surface area contributed by atoms with Gasteiger partial charge in [0.15, 0.2) is 0 Å². The van der Waals surface area contributed by atoms with Crippen molar-refractivity contribution in [2.75, 3.05) is 0 Å². The van der Waals surface area contributed by atoms with Crippen molar-refractivity contribution in [3.8, 4) is 0 Å². The van der Waals surface area contributed by atoms with Crippen LogP contribution in [0.4, 0.5) is 0 Å². The minimum atomic E-state index is -0.288. The molecule has 2 atom stereocenters. The van der Waals surface area contributed by atoms with Crippen LogP contribution in [0.15, 0.2) is 0 Å². The zero-order chi connectivity index (χ0) is 16.2. The molecule has 1 heterocycles. The van der Waals surface area contributed by atoms with Crippen LogP contribution in [-0.4, -0.2) is 24.1 Å². The van der Waals surface area contributed by atoms with Crippen molar-refractivity contribution in [2.45, 2.75) is 103 Å². The molecule has 0 aromatic carbocycles. The van der Waals surface area contributed by atoms with Crippen LogP contribution in [0, 0.1) is 0 Å². The lowest BCUT2D eigenvalue weighted by Crippen LogP contribution is -2.35. The topological polar surface area (TPSA) is 52.6 Å². The summed E-state index contributed by atoms with van der Waals surface area (Å²) in [6.07, 6.45) is 9.89. The molecule has 0 saturated carbocycles. The molecule has 4 heteroatoms. The molecule has 0 aromatic heterocycles. The fourth-order valence-electron chi connectivity index (χ4n) is 2.91. The normalized spacial score (nSPS) is 25.9. The van der Waals surface area contributed by atoms with Gasteiger partial charge in [-0.15, -0.1) is 0 Å². The molecule has 1 aliphatic rings. The quantitative estimate of drug-likeness (QED) is 0.715. The van der Waals surface area contributed by atoms with Crippen LogP contribution in [0.3, 0.4) is 0 Å². The summed E-state index contributed by atoms with van der Waals surface area (Å²) in [5.74, 6) is -0.291. The summed E-state index contributed by atoms with van der Waals surface area (Å²) < 4.78 is 11.3. The summed E-state index contributed by atoms with van der Waals surface area (Å²) >= 11 is 0. The molecular weight excluding hydrogens is 280 g/mol. The third-order valence-corrected chi connectivity index (χ3v) is 4.14. The number of esters is 2. The molecule has 0 N–H and O–H groups in total. The number of carbonyl (C=O) groups is 2. The molecule has 0 aliphatic carbocycles. The van der Waals surface area contributed by atoms with E-state index in [1.165, 1.54) is 0 Å². The summed E-state index contributed by atoms with van der Waals surface area (Å²) in [7, 11) is 0. The minimum Gasteiger partial charge on any atom is -0.458 e. The van der Waals surface area contributed by atoms with Gasteiger partial charge in [0.2, 0.25) is 0 Å². The first kappa shape index (κ1) is 19.0. The molecule has 0 amide bonds. The molecule has 0 spiro atoms. The largest absolute Gasteiger partial charge is 0.458 e. The summed E-state index contributed by atoms with van der Waals surface area (Å²) in [4.78, 5) is 24.0. The Morgan fingerprint density at radius 2 is 1.09 bits per heavy atom. The number of carbonyl (C=O) groups excluding carboxylic acids is 2. The van der Waals surface area contributed by atoms with E-state index in [1.807, 2.05) is 0 Å². The van der Waals surface area contributed by atoms with Crippen LogP contribution in [0.5, 0.6) is 0 Å². The first-order chi connectivity index (χ1) is 10.7. The van der Waals surface area contributed by atoms with E-state index in [-0.39, 0.29) is 24.1 Å². The molecule has 1 aliphatic heterocycles. The number of rotatable bonds is 4. The van der Waals surface area contributed by atoms with Gasteiger partial charge in [-0.05, 0) is 25.7 Å². The molecule has 2 unspecified atom stereocenters. The van der Waals surface area contributed by atoms with Gasteiger partial charge in [0.25, 0.3) is 0 Å². The molecule has 128 valence electrons. The predicted octanol–water partition coefficient (Wildman–Crippen LogP) is 4.54. The van der Waals surface area contributed by atoms with Crippen LogP contribution < -0.4 is 0 Å². The molecule has 22 heavy (non-hydrogen) atoms. The van der Waals surface area contributed by atoms with Crippen molar-refractivity contribution in [2.24, 2.45) is 0 Å². The zero-order valence-electron chi connectivity index (χ0n) is 14.3.